The number of fused-ring (bicyclic) bond motifs is 1. The summed E-state index contributed by atoms with van der Waals surface area (Å²) in [5, 5.41) is 3.39. The molecule has 1 aliphatic heterocycles. The smallest absolute Gasteiger partial charge is 0.0539 e. The van der Waals surface area contributed by atoms with Gasteiger partial charge in [0.15, 0.2) is 0 Å². The summed E-state index contributed by atoms with van der Waals surface area (Å²) in [5.74, 6) is 0. The topological polar surface area (TPSA) is 3.24 Å². The van der Waals surface area contributed by atoms with Crippen LogP contribution in [0.2, 0.25) is 5.02 Å². The molecule has 1 unspecified atom stereocenters. The van der Waals surface area contributed by atoms with Crippen LogP contribution >= 0.6 is 11.6 Å². The molecule has 0 bridgehead atoms. The van der Waals surface area contributed by atoms with Crippen molar-refractivity contribution in [2.75, 3.05) is 6.54 Å². The quantitative estimate of drug-likeness (QED) is 0.839. The minimum atomic E-state index is 0.487. The monoisotopic (exact) mass is 297 g/mol. The normalized spacial score (nSPS) is 15.4. The second-order valence-corrected chi connectivity index (χ2v) is 5.94. The van der Waals surface area contributed by atoms with Crippen LogP contribution in [0.25, 0.3) is 11.8 Å². The highest BCUT2D eigenvalue weighted by molar-refractivity contribution is 6.32. The van der Waals surface area contributed by atoms with Gasteiger partial charge in [0.2, 0.25) is 0 Å². The predicted octanol–water partition coefficient (Wildman–Crippen LogP) is 3.39. The summed E-state index contributed by atoms with van der Waals surface area (Å²) in [4.78, 5) is 2.46. The summed E-state index contributed by atoms with van der Waals surface area (Å²) in [5.41, 5.74) is 2.38. The third kappa shape index (κ3) is 2.58. The number of nitrogens with zero attached hydrogens (tertiary/aromatic N) is 1. The molecule has 0 aliphatic carbocycles. The molecule has 1 atom stereocenters. The van der Waals surface area contributed by atoms with Crippen molar-refractivity contribution in [2.24, 2.45) is 0 Å². The SMILES string of the molecule is CCC(C)N1CC=c2ccccc2=C1c1ccccc1Cl. The Kier molecular flexibility index (Phi) is 4.03. The van der Waals surface area contributed by atoms with Gasteiger partial charge in [-0.3, -0.25) is 0 Å². The molecule has 108 valence electrons. The first-order valence-corrected chi connectivity index (χ1v) is 7.91. The van der Waals surface area contributed by atoms with Crippen LogP contribution < -0.4 is 10.4 Å². The Bertz CT molecular complexity index is 763. The van der Waals surface area contributed by atoms with Gasteiger partial charge in [0, 0.05) is 28.4 Å². The summed E-state index contributed by atoms with van der Waals surface area (Å²) in [6, 6.07) is 17.2. The van der Waals surface area contributed by atoms with E-state index < -0.39 is 0 Å². The van der Waals surface area contributed by atoms with Crippen molar-refractivity contribution in [1.82, 2.24) is 4.90 Å². The molecule has 0 aromatic heterocycles. The average molecular weight is 298 g/mol. The second-order valence-electron chi connectivity index (χ2n) is 5.53. The molecule has 21 heavy (non-hydrogen) atoms. The van der Waals surface area contributed by atoms with Gasteiger partial charge in [-0.15, -0.1) is 0 Å². The number of rotatable bonds is 3. The molecular weight excluding hydrogens is 278 g/mol. The highest BCUT2D eigenvalue weighted by Crippen LogP contribution is 2.27. The Labute approximate surface area is 131 Å². The van der Waals surface area contributed by atoms with Crippen LogP contribution in [0.1, 0.15) is 25.8 Å². The third-order valence-electron chi connectivity index (χ3n) is 4.26. The molecule has 2 heteroatoms. The van der Waals surface area contributed by atoms with Gasteiger partial charge >= 0.3 is 0 Å². The Morgan fingerprint density at radius 3 is 2.57 bits per heavy atom. The van der Waals surface area contributed by atoms with Gasteiger partial charge in [-0.25, -0.2) is 0 Å². The molecular formula is C19H20ClN. The highest BCUT2D eigenvalue weighted by Gasteiger charge is 2.21. The fraction of sp³-hybridized carbons (Fsp3) is 0.263. The Balaban J connectivity index is 2.32. The van der Waals surface area contributed by atoms with Crippen LogP contribution in [0, 0.1) is 0 Å². The molecule has 0 spiro atoms. The van der Waals surface area contributed by atoms with Crippen LogP contribution in [0.3, 0.4) is 0 Å². The maximum atomic E-state index is 6.48. The van der Waals surface area contributed by atoms with Crippen LogP contribution in [0.5, 0.6) is 0 Å². The minimum absolute atomic E-state index is 0.487. The standard InChI is InChI=1S/C19H20ClN/c1-3-14(2)21-13-12-15-8-4-5-9-16(15)19(21)17-10-6-7-11-18(17)20/h4-12,14H,3,13H2,1-2H3. The van der Waals surface area contributed by atoms with E-state index >= 15 is 0 Å². The molecule has 0 radical (unpaired) electrons. The maximum Gasteiger partial charge on any atom is 0.0539 e. The van der Waals surface area contributed by atoms with Crippen molar-refractivity contribution in [3.63, 3.8) is 0 Å². The van der Waals surface area contributed by atoms with E-state index in [-0.39, 0.29) is 0 Å². The molecule has 2 aromatic rings. The molecule has 1 heterocycles. The van der Waals surface area contributed by atoms with E-state index in [4.69, 9.17) is 11.6 Å². The highest BCUT2D eigenvalue weighted by atomic mass is 35.5. The first kappa shape index (κ1) is 14.2. The molecule has 0 saturated carbocycles. The van der Waals surface area contributed by atoms with Gasteiger partial charge in [0.05, 0.1) is 5.70 Å². The largest absolute Gasteiger partial charge is 0.364 e. The van der Waals surface area contributed by atoms with Crippen molar-refractivity contribution >= 4 is 23.4 Å². The lowest BCUT2D eigenvalue weighted by Crippen LogP contribution is -2.43. The van der Waals surface area contributed by atoms with Gasteiger partial charge in [-0.1, -0.05) is 67.1 Å². The van der Waals surface area contributed by atoms with Crippen LogP contribution in [0.4, 0.5) is 0 Å². The van der Waals surface area contributed by atoms with E-state index in [0.717, 1.165) is 23.6 Å². The van der Waals surface area contributed by atoms with E-state index in [1.54, 1.807) is 0 Å². The molecule has 3 rings (SSSR count). The zero-order chi connectivity index (χ0) is 14.8. The zero-order valence-electron chi connectivity index (χ0n) is 12.5. The maximum absolute atomic E-state index is 6.48. The van der Waals surface area contributed by atoms with Crippen molar-refractivity contribution in [1.29, 1.82) is 0 Å². The van der Waals surface area contributed by atoms with Crippen molar-refractivity contribution in [2.45, 2.75) is 26.3 Å². The molecule has 2 aromatic carbocycles. The van der Waals surface area contributed by atoms with Crippen LogP contribution in [-0.4, -0.2) is 17.5 Å². The molecule has 0 fully saturated rings. The van der Waals surface area contributed by atoms with Gasteiger partial charge in [0.1, 0.15) is 0 Å². The molecule has 0 N–H and O–H groups in total. The molecule has 1 aliphatic rings. The lowest BCUT2D eigenvalue weighted by atomic mass is 10.0. The van der Waals surface area contributed by atoms with Crippen molar-refractivity contribution in [3.05, 3.63) is 69.6 Å². The summed E-state index contributed by atoms with van der Waals surface area (Å²) in [6.45, 7) is 5.45. The number of benzene rings is 2. The number of hydrogen-bond acceptors (Lipinski definition) is 1. The van der Waals surface area contributed by atoms with Gasteiger partial charge in [-0.2, -0.15) is 0 Å². The zero-order valence-corrected chi connectivity index (χ0v) is 13.3. The number of hydrogen-bond donors (Lipinski definition) is 0. The summed E-state index contributed by atoms with van der Waals surface area (Å²) >= 11 is 6.48. The fourth-order valence-electron chi connectivity index (χ4n) is 2.91. The fourth-order valence-corrected chi connectivity index (χ4v) is 3.13. The van der Waals surface area contributed by atoms with Crippen molar-refractivity contribution < 1.29 is 0 Å². The summed E-state index contributed by atoms with van der Waals surface area (Å²) < 4.78 is 0. The van der Waals surface area contributed by atoms with Gasteiger partial charge in [-0.05, 0) is 24.6 Å². The predicted molar refractivity (Wildman–Crippen MR) is 90.6 cm³/mol. The van der Waals surface area contributed by atoms with Gasteiger partial charge < -0.3 is 4.90 Å². The molecule has 0 saturated heterocycles. The van der Waals surface area contributed by atoms with E-state index in [1.807, 2.05) is 12.1 Å². The Morgan fingerprint density at radius 2 is 1.81 bits per heavy atom. The van der Waals surface area contributed by atoms with E-state index in [0.29, 0.717) is 6.04 Å². The summed E-state index contributed by atoms with van der Waals surface area (Å²) in [6.07, 6.45) is 3.42. The van der Waals surface area contributed by atoms with Crippen LogP contribution in [-0.2, 0) is 0 Å². The lowest BCUT2D eigenvalue weighted by molar-refractivity contribution is 0.335. The Hall–Kier alpha value is -1.73. The molecule has 1 nitrogen and oxygen atoms in total. The summed E-state index contributed by atoms with van der Waals surface area (Å²) in [7, 11) is 0. The average Bonchev–Trinajstić information content (AvgIpc) is 2.54. The van der Waals surface area contributed by atoms with Crippen molar-refractivity contribution in [3.8, 4) is 0 Å². The van der Waals surface area contributed by atoms with E-state index in [9.17, 15) is 0 Å². The first-order valence-electron chi connectivity index (χ1n) is 7.53. The second kappa shape index (κ2) is 5.95. The first-order chi connectivity index (χ1) is 10.2. The minimum Gasteiger partial charge on any atom is -0.364 e. The Morgan fingerprint density at radius 1 is 1.10 bits per heavy atom. The van der Waals surface area contributed by atoms with E-state index in [2.05, 4.69) is 61.2 Å². The van der Waals surface area contributed by atoms with Gasteiger partial charge in [0.25, 0.3) is 0 Å². The van der Waals surface area contributed by atoms with Crippen LogP contribution in [0.15, 0.2) is 48.5 Å². The molecule has 0 amide bonds. The lowest BCUT2D eigenvalue weighted by Gasteiger charge is -2.34. The van der Waals surface area contributed by atoms with E-state index in [1.165, 1.54) is 16.1 Å². The number of halogens is 1. The third-order valence-corrected chi connectivity index (χ3v) is 4.59.